The zero-order valence-electron chi connectivity index (χ0n) is 11.8. The molecule has 0 aliphatic heterocycles. The molecule has 0 aliphatic rings. The molecule has 6 heteroatoms. The van der Waals surface area contributed by atoms with Crippen LogP contribution >= 0.6 is 27.3 Å². The molecule has 3 aromatic rings. The lowest BCUT2D eigenvalue weighted by atomic mass is 10.2. The number of esters is 1. The first-order chi connectivity index (χ1) is 11.1. The Bertz CT molecular complexity index is 836. The van der Waals surface area contributed by atoms with E-state index in [-0.39, 0.29) is 12.2 Å². The van der Waals surface area contributed by atoms with Gasteiger partial charge in [-0.05, 0) is 18.2 Å². The second-order valence-electron chi connectivity index (χ2n) is 4.71. The topological polar surface area (TPSA) is 39.2 Å². The highest BCUT2D eigenvalue weighted by atomic mass is 79.9. The lowest BCUT2D eigenvalue weighted by molar-refractivity contribution is 0.0463. The lowest BCUT2D eigenvalue weighted by Crippen LogP contribution is -2.07. The number of thiazole rings is 1. The van der Waals surface area contributed by atoms with Crippen LogP contribution in [0.2, 0.25) is 0 Å². The van der Waals surface area contributed by atoms with Crippen molar-refractivity contribution in [3.8, 4) is 10.6 Å². The molecule has 0 saturated heterocycles. The Morgan fingerprint density at radius 3 is 2.78 bits per heavy atom. The molecule has 0 amide bonds. The average molecular weight is 392 g/mol. The summed E-state index contributed by atoms with van der Waals surface area (Å²) in [6.45, 7) is 0.00806. The molecule has 0 unspecified atom stereocenters. The molecule has 23 heavy (non-hydrogen) atoms. The Balaban J connectivity index is 1.68. The second-order valence-corrected chi connectivity index (χ2v) is 6.48. The van der Waals surface area contributed by atoms with Crippen LogP contribution in [-0.2, 0) is 11.3 Å². The van der Waals surface area contributed by atoms with Gasteiger partial charge in [-0.1, -0.05) is 46.3 Å². The summed E-state index contributed by atoms with van der Waals surface area (Å²) in [7, 11) is 0. The summed E-state index contributed by atoms with van der Waals surface area (Å²) in [4.78, 5) is 16.4. The fourth-order valence-corrected chi connectivity index (χ4v) is 3.13. The average Bonchev–Trinajstić information content (AvgIpc) is 3.05. The molecule has 3 nitrogen and oxygen atoms in total. The molecule has 0 spiro atoms. The molecule has 3 rings (SSSR count). The third-order valence-electron chi connectivity index (χ3n) is 3.07. The van der Waals surface area contributed by atoms with Gasteiger partial charge in [-0.15, -0.1) is 11.3 Å². The van der Waals surface area contributed by atoms with Gasteiger partial charge in [0.15, 0.2) is 0 Å². The maximum atomic E-state index is 13.6. The first-order valence-electron chi connectivity index (χ1n) is 6.75. The molecule has 0 saturated carbocycles. The van der Waals surface area contributed by atoms with Crippen LogP contribution in [0.5, 0.6) is 0 Å². The summed E-state index contributed by atoms with van der Waals surface area (Å²) in [5, 5.41) is 2.68. The van der Waals surface area contributed by atoms with E-state index < -0.39 is 11.8 Å². The number of hydrogen-bond donors (Lipinski definition) is 0. The van der Waals surface area contributed by atoms with Gasteiger partial charge in [0, 0.05) is 15.4 Å². The number of ether oxygens (including phenoxy) is 1. The van der Waals surface area contributed by atoms with Crippen LogP contribution in [0.15, 0.2) is 58.4 Å². The van der Waals surface area contributed by atoms with Gasteiger partial charge in [-0.2, -0.15) is 0 Å². The smallest absolute Gasteiger partial charge is 0.341 e. The van der Waals surface area contributed by atoms with Crippen molar-refractivity contribution in [2.75, 3.05) is 0 Å². The second kappa shape index (κ2) is 7.02. The van der Waals surface area contributed by atoms with E-state index in [0.29, 0.717) is 10.2 Å². The fourth-order valence-electron chi connectivity index (χ4n) is 1.96. The van der Waals surface area contributed by atoms with Crippen LogP contribution < -0.4 is 0 Å². The summed E-state index contributed by atoms with van der Waals surface area (Å²) in [5.74, 6) is -1.32. The van der Waals surface area contributed by atoms with E-state index in [9.17, 15) is 9.18 Å². The fraction of sp³-hybridized carbons (Fsp3) is 0.0588. The molecular formula is C17H11BrFNO2S. The maximum absolute atomic E-state index is 13.6. The van der Waals surface area contributed by atoms with E-state index in [0.717, 1.165) is 10.6 Å². The summed E-state index contributed by atoms with van der Waals surface area (Å²) >= 11 is 4.68. The minimum Gasteiger partial charge on any atom is -0.455 e. The van der Waals surface area contributed by atoms with Crippen molar-refractivity contribution >= 4 is 33.2 Å². The Morgan fingerprint density at radius 2 is 2.00 bits per heavy atom. The van der Waals surface area contributed by atoms with E-state index in [4.69, 9.17) is 4.74 Å². The van der Waals surface area contributed by atoms with Crippen LogP contribution in [0.3, 0.4) is 0 Å². The lowest BCUT2D eigenvalue weighted by Gasteiger charge is -2.04. The van der Waals surface area contributed by atoms with Crippen molar-refractivity contribution in [2.24, 2.45) is 0 Å². The van der Waals surface area contributed by atoms with E-state index in [1.165, 1.54) is 29.5 Å². The Kier molecular flexibility index (Phi) is 4.83. The third kappa shape index (κ3) is 3.83. The molecule has 116 valence electrons. The number of nitrogens with zero attached hydrogens (tertiary/aromatic N) is 1. The summed E-state index contributed by atoms with van der Waals surface area (Å²) < 4.78 is 19.4. The SMILES string of the molecule is O=C(OCc1csc(-c2ccccc2)n1)c1cc(Br)ccc1F. The molecule has 0 aliphatic carbocycles. The van der Waals surface area contributed by atoms with Crippen molar-refractivity contribution in [1.82, 2.24) is 4.98 Å². The summed E-state index contributed by atoms with van der Waals surface area (Å²) in [6.07, 6.45) is 0. The van der Waals surface area contributed by atoms with Gasteiger partial charge in [0.1, 0.15) is 17.4 Å². The Morgan fingerprint density at radius 1 is 1.22 bits per heavy atom. The van der Waals surface area contributed by atoms with Gasteiger partial charge in [-0.25, -0.2) is 14.2 Å². The minimum atomic E-state index is -0.710. The predicted molar refractivity (Wildman–Crippen MR) is 90.8 cm³/mol. The quantitative estimate of drug-likeness (QED) is 0.582. The molecule has 0 fully saturated rings. The van der Waals surface area contributed by atoms with Crippen molar-refractivity contribution in [2.45, 2.75) is 6.61 Å². The highest BCUT2D eigenvalue weighted by Gasteiger charge is 2.14. The molecule has 1 aromatic heterocycles. The van der Waals surface area contributed by atoms with E-state index in [2.05, 4.69) is 20.9 Å². The number of benzene rings is 2. The molecule has 0 atom stereocenters. The van der Waals surface area contributed by atoms with Gasteiger partial charge in [0.25, 0.3) is 0 Å². The van der Waals surface area contributed by atoms with Crippen LogP contribution in [0.4, 0.5) is 4.39 Å². The monoisotopic (exact) mass is 391 g/mol. The van der Waals surface area contributed by atoms with Crippen LogP contribution in [-0.4, -0.2) is 11.0 Å². The Hall–Kier alpha value is -2.05. The third-order valence-corrected chi connectivity index (χ3v) is 4.51. The molecular weight excluding hydrogens is 381 g/mol. The predicted octanol–water partition coefficient (Wildman–Crippen LogP) is 5.07. The van der Waals surface area contributed by atoms with Crippen molar-refractivity contribution in [3.05, 3.63) is 75.5 Å². The van der Waals surface area contributed by atoms with Crippen LogP contribution in [0, 0.1) is 5.82 Å². The van der Waals surface area contributed by atoms with Crippen molar-refractivity contribution < 1.29 is 13.9 Å². The molecule has 0 bridgehead atoms. The van der Waals surface area contributed by atoms with Crippen LogP contribution in [0.1, 0.15) is 16.1 Å². The van der Waals surface area contributed by atoms with Gasteiger partial charge < -0.3 is 4.74 Å². The Labute approximate surface area is 144 Å². The largest absolute Gasteiger partial charge is 0.455 e. The van der Waals surface area contributed by atoms with Gasteiger partial charge >= 0.3 is 5.97 Å². The van der Waals surface area contributed by atoms with E-state index in [1.54, 1.807) is 0 Å². The highest BCUT2D eigenvalue weighted by Crippen LogP contribution is 2.24. The first-order valence-corrected chi connectivity index (χ1v) is 8.43. The number of hydrogen-bond acceptors (Lipinski definition) is 4. The summed E-state index contributed by atoms with van der Waals surface area (Å²) in [6, 6.07) is 13.9. The molecule has 2 aromatic carbocycles. The van der Waals surface area contributed by atoms with Gasteiger partial charge in [0.2, 0.25) is 0 Å². The number of carbonyl (C=O) groups is 1. The molecule has 1 heterocycles. The normalized spacial score (nSPS) is 10.5. The molecule has 0 N–H and O–H groups in total. The highest BCUT2D eigenvalue weighted by molar-refractivity contribution is 9.10. The number of halogens is 2. The number of carbonyl (C=O) groups excluding carboxylic acids is 1. The maximum Gasteiger partial charge on any atom is 0.341 e. The summed E-state index contributed by atoms with van der Waals surface area (Å²) in [5.41, 5.74) is 1.55. The van der Waals surface area contributed by atoms with Gasteiger partial charge in [-0.3, -0.25) is 0 Å². The van der Waals surface area contributed by atoms with Crippen molar-refractivity contribution in [3.63, 3.8) is 0 Å². The number of rotatable bonds is 4. The number of aromatic nitrogens is 1. The standard InChI is InChI=1S/C17H11BrFNO2S/c18-12-6-7-15(19)14(8-12)17(21)22-9-13-10-23-16(20-13)11-4-2-1-3-5-11/h1-8,10H,9H2. The minimum absolute atomic E-state index is 0.00806. The zero-order valence-corrected chi connectivity index (χ0v) is 14.2. The first kappa shape index (κ1) is 15.8. The molecule has 0 radical (unpaired) electrons. The van der Waals surface area contributed by atoms with E-state index in [1.807, 2.05) is 35.7 Å². The van der Waals surface area contributed by atoms with E-state index >= 15 is 0 Å². The van der Waals surface area contributed by atoms with Gasteiger partial charge in [0.05, 0.1) is 11.3 Å². The zero-order chi connectivity index (χ0) is 16.2. The van der Waals surface area contributed by atoms with Crippen molar-refractivity contribution in [1.29, 1.82) is 0 Å². The van der Waals surface area contributed by atoms with Crippen LogP contribution in [0.25, 0.3) is 10.6 Å².